The second kappa shape index (κ2) is 4.66. The molecule has 0 saturated heterocycles. The van der Waals surface area contributed by atoms with Crippen molar-refractivity contribution in [3.8, 4) is 0 Å². The van der Waals surface area contributed by atoms with Crippen molar-refractivity contribution in [2.45, 2.75) is 20.8 Å². The summed E-state index contributed by atoms with van der Waals surface area (Å²) in [6, 6.07) is 2.10. The fraction of sp³-hybridized carbons (Fsp3) is 0.231. The van der Waals surface area contributed by atoms with Crippen LogP contribution in [-0.2, 0) is 0 Å². The molecule has 0 aliphatic carbocycles. The van der Waals surface area contributed by atoms with E-state index in [0.717, 1.165) is 0 Å². The Balaban J connectivity index is 3.13. The molecule has 0 amide bonds. The number of nitrogens with one attached hydrogen (secondary N) is 1. The summed E-state index contributed by atoms with van der Waals surface area (Å²) >= 11 is 0. The van der Waals surface area contributed by atoms with E-state index in [2.05, 4.69) is 44.5 Å². The molecule has 1 heterocycles. The third-order valence-corrected chi connectivity index (χ3v) is 2.33. The van der Waals surface area contributed by atoms with Crippen molar-refractivity contribution in [2.24, 2.45) is 0 Å². The second-order valence-electron chi connectivity index (χ2n) is 3.30. The molecule has 1 nitrogen and oxygen atoms in total. The molecule has 1 aromatic rings. The van der Waals surface area contributed by atoms with Gasteiger partial charge in [0.2, 0.25) is 0 Å². The lowest BCUT2D eigenvalue weighted by molar-refractivity contribution is 1.25. The summed E-state index contributed by atoms with van der Waals surface area (Å²) in [5, 5.41) is 0. The van der Waals surface area contributed by atoms with Gasteiger partial charge in [-0.15, -0.1) is 0 Å². The van der Waals surface area contributed by atoms with Crippen molar-refractivity contribution in [2.75, 3.05) is 0 Å². The Bertz CT molecular complexity index is 378. The van der Waals surface area contributed by atoms with Crippen molar-refractivity contribution in [3.63, 3.8) is 0 Å². The van der Waals surface area contributed by atoms with E-state index in [1.165, 1.54) is 22.4 Å². The van der Waals surface area contributed by atoms with Crippen LogP contribution >= 0.6 is 0 Å². The first-order chi connectivity index (χ1) is 6.70. The van der Waals surface area contributed by atoms with Gasteiger partial charge in [0.05, 0.1) is 0 Å². The van der Waals surface area contributed by atoms with Crippen molar-refractivity contribution in [1.29, 1.82) is 0 Å². The van der Waals surface area contributed by atoms with Gasteiger partial charge in [0.1, 0.15) is 0 Å². The number of aromatic nitrogens is 1. The van der Waals surface area contributed by atoms with Gasteiger partial charge in [-0.25, -0.2) is 0 Å². The van der Waals surface area contributed by atoms with E-state index in [0.29, 0.717) is 0 Å². The number of H-pyrrole nitrogens is 1. The number of allylic oxidation sites excluding steroid dienone is 5. The van der Waals surface area contributed by atoms with Crippen molar-refractivity contribution < 1.29 is 0 Å². The lowest BCUT2D eigenvalue weighted by Crippen LogP contribution is -1.87. The summed E-state index contributed by atoms with van der Waals surface area (Å²) in [4.78, 5) is 3.19. The summed E-state index contributed by atoms with van der Waals surface area (Å²) in [6.45, 7) is 9.95. The standard InChI is InChI=1S/C13H17N/c1-5-7-10(3)12(6-2)13-8-9-14-11(13)4/h5-9,14H,1H2,2-4H3/b10-7-,12-6+. The largest absolute Gasteiger partial charge is 0.365 e. The Hall–Kier alpha value is -1.50. The first-order valence-electron chi connectivity index (χ1n) is 4.81. The van der Waals surface area contributed by atoms with Gasteiger partial charge in [-0.1, -0.05) is 24.8 Å². The molecular weight excluding hydrogens is 170 g/mol. The minimum absolute atomic E-state index is 1.20. The highest BCUT2D eigenvalue weighted by molar-refractivity contribution is 5.79. The molecule has 0 radical (unpaired) electrons. The molecule has 0 aliphatic rings. The van der Waals surface area contributed by atoms with Crippen LogP contribution in [0.4, 0.5) is 0 Å². The predicted octanol–water partition coefficient (Wildman–Crippen LogP) is 3.86. The van der Waals surface area contributed by atoms with E-state index in [1.54, 1.807) is 0 Å². The van der Waals surface area contributed by atoms with E-state index >= 15 is 0 Å². The zero-order chi connectivity index (χ0) is 10.6. The molecule has 0 saturated carbocycles. The summed E-state index contributed by atoms with van der Waals surface area (Å²) < 4.78 is 0. The quantitative estimate of drug-likeness (QED) is 0.692. The molecule has 74 valence electrons. The Morgan fingerprint density at radius 3 is 2.64 bits per heavy atom. The van der Waals surface area contributed by atoms with Gasteiger partial charge >= 0.3 is 0 Å². The lowest BCUT2D eigenvalue weighted by Gasteiger charge is -2.06. The minimum Gasteiger partial charge on any atom is -0.365 e. The van der Waals surface area contributed by atoms with Crippen LogP contribution in [0.3, 0.4) is 0 Å². The predicted molar refractivity (Wildman–Crippen MR) is 63.1 cm³/mol. The van der Waals surface area contributed by atoms with Gasteiger partial charge in [-0.05, 0) is 38.0 Å². The summed E-state index contributed by atoms with van der Waals surface area (Å²) in [5.41, 5.74) is 4.98. The van der Waals surface area contributed by atoms with Gasteiger partial charge in [-0.3, -0.25) is 0 Å². The molecule has 0 aromatic carbocycles. The topological polar surface area (TPSA) is 15.8 Å². The molecule has 0 atom stereocenters. The number of hydrogen-bond donors (Lipinski definition) is 1. The monoisotopic (exact) mass is 187 g/mol. The maximum Gasteiger partial charge on any atom is 0.0195 e. The van der Waals surface area contributed by atoms with Gasteiger partial charge in [0, 0.05) is 17.5 Å². The second-order valence-corrected chi connectivity index (χ2v) is 3.30. The van der Waals surface area contributed by atoms with Crippen molar-refractivity contribution in [1.82, 2.24) is 4.98 Å². The normalized spacial score (nSPS) is 13.1. The maximum absolute atomic E-state index is 3.71. The summed E-state index contributed by atoms with van der Waals surface area (Å²) in [7, 11) is 0. The van der Waals surface area contributed by atoms with Gasteiger partial charge in [0.15, 0.2) is 0 Å². The highest BCUT2D eigenvalue weighted by Crippen LogP contribution is 2.24. The first-order valence-corrected chi connectivity index (χ1v) is 4.81. The van der Waals surface area contributed by atoms with Crippen molar-refractivity contribution >= 4 is 5.57 Å². The molecule has 0 spiro atoms. The highest BCUT2D eigenvalue weighted by atomic mass is 14.7. The number of rotatable bonds is 3. The van der Waals surface area contributed by atoms with Gasteiger partial charge < -0.3 is 4.98 Å². The highest BCUT2D eigenvalue weighted by Gasteiger charge is 2.05. The fourth-order valence-corrected chi connectivity index (χ4v) is 1.61. The van der Waals surface area contributed by atoms with E-state index in [1.807, 2.05) is 18.3 Å². The zero-order valence-corrected chi connectivity index (χ0v) is 9.09. The van der Waals surface area contributed by atoms with E-state index in [-0.39, 0.29) is 0 Å². The van der Waals surface area contributed by atoms with E-state index < -0.39 is 0 Å². The van der Waals surface area contributed by atoms with Crippen LogP contribution in [0.5, 0.6) is 0 Å². The lowest BCUT2D eigenvalue weighted by atomic mass is 9.99. The average Bonchev–Trinajstić information content (AvgIpc) is 2.54. The zero-order valence-electron chi connectivity index (χ0n) is 9.09. The van der Waals surface area contributed by atoms with Gasteiger partial charge in [-0.2, -0.15) is 0 Å². The third-order valence-electron chi connectivity index (χ3n) is 2.33. The molecule has 14 heavy (non-hydrogen) atoms. The minimum atomic E-state index is 1.20. The molecule has 1 rings (SSSR count). The SMILES string of the molecule is C=C/C=C(C)\C(=C/C)c1cc[nH]c1C. The smallest absolute Gasteiger partial charge is 0.0195 e. The molecule has 1 aromatic heterocycles. The van der Waals surface area contributed by atoms with Crippen LogP contribution in [-0.4, -0.2) is 4.98 Å². The van der Waals surface area contributed by atoms with Crippen LogP contribution in [0.1, 0.15) is 25.1 Å². The summed E-state index contributed by atoms with van der Waals surface area (Å²) in [6.07, 6.45) is 7.95. The first kappa shape index (κ1) is 10.6. The molecule has 0 aliphatic heterocycles. The average molecular weight is 187 g/mol. The van der Waals surface area contributed by atoms with Crippen LogP contribution < -0.4 is 0 Å². The van der Waals surface area contributed by atoms with E-state index in [4.69, 9.17) is 0 Å². The van der Waals surface area contributed by atoms with Crippen LogP contribution in [0.15, 0.2) is 42.6 Å². The molecule has 1 N–H and O–H groups in total. The fourth-order valence-electron chi connectivity index (χ4n) is 1.61. The van der Waals surface area contributed by atoms with Crippen LogP contribution in [0.25, 0.3) is 5.57 Å². The van der Waals surface area contributed by atoms with E-state index in [9.17, 15) is 0 Å². The van der Waals surface area contributed by atoms with Crippen LogP contribution in [0, 0.1) is 6.92 Å². The molecule has 0 bridgehead atoms. The molecule has 1 heteroatoms. The summed E-state index contributed by atoms with van der Waals surface area (Å²) in [5.74, 6) is 0. The van der Waals surface area contributed by atoms with Gasteiger partial charge in [0.25, 0.3) is 0 Å². The number of aryl methyl sites for hydroxylation is 1. The Morgan fingerprint density at radius 1 is 1.50 bits per heavy atom. The molecular formula is C13H17N. The Labute approximate surface area is 85.9 Å². The Kier molecular flexibility index (Phi) is 3.52. The molecule has 0 unspecified atom stereocenters. The number of aromatic amines is 1. The van der Waals surface area contributed by atoms with Crippen molar-refractivity contribution in [3.05, 3.63) is 53.9 Å². The Morgan fingerprint density at radius 2 is 2.21 bits per heavy atom. The third kappa shape index (κ3) is 2.05. The van der Waals surface area contributed by atoms with Crippen LogP contribution in [0.2, 0.25) is 0 Å². The maximum atomic E-state index is 3.71. The number of hydrogen-bond acceptors (Lipinski definition) is 0. The molecule has 0 fully saturated rings.